The van der Waals surface area contributed by atoms with E-state index in [0.29, 0.717) is 6.54 Å². The average molecular weight is 385 g/mol. The fourth-order valence-electron chi connectivity index (χ4n) is 5.11. The second-order valence-electron chi connectivity index (χ2n) is 8.72. The Balaban J connectivity index is 1.27. The molecule has 4 rings (SSSR count). The van der Waals surface area contributed by atoms with E-state index >= 15 is 0 Å². The second kappa shape index (κ2) is 9.75. The van der Waals surface area contributed by atoms with Gasteiger partial charge in [0, 0.05) is 32.2 Å². The third-order valence-corrected chi connectivity index (χ3v) is 6.71. The highest BCUT2D eigenvalue weighted by atomic mass is 16.2. The maximum absolute atomic E-state index is 12.7. The molecule has 154 valence electrons. The lowest BCUT2D eigenvalue weighted by molar-refractivity contribution is -0.117. The van der Waals surface area contributed by atoms with Crippen molar-refractivity contribution in [3.63, 3.8) is 0 Å². The van der Waals surface area contributed by atoms with Crippen LogP contribution in [-0.2, 0) is 4.79 Å². The van der Waals surface area contributed by atoms with Crippen molar-refractivity contribution in [1.82, 2.24) is 9.80 Å². The molecular weight excluding hydrogens is 348 g/mol. The molecule has 0 bridgehead atoms. The number of hydrogen-bond donors (Lipinski definition) is 1. The van der Waals surface area contributed by atoms with Gasteiger partial charge in [-0.1, -0.05) is 18.6 Å². The molecule has 5 nitrogen and oxygen atoms in total. The molecule has 0 saturated carbocycles. The molecule has 3 fully saturated rings. The summed E-state index contributed by atoms with van der Waals surface area (Å²) in [6.07, 6.45) is 10.3. The molecular formula is C23H36N4O. The Hall–Kier alpha value is -1.59. The lowest BCUT2D eigenvalue weighted by Crippen LogP contribution is -2.48. The van der Waals surface area contributed by atoms with Crippen LogP contribution in [0.15, 0.2) is 24.3 Å². The van der Waals surface area contributed by atoms with Crippen molar-refractivity contribution in [2.75, 3.05) is 56.0 Å². The predicted molar refractivity (Wildman–Crippen MR) is 116 cm³/mol. The first kappa shape index (κ1) is 19.7. The summed E-state index contributed by atoms with van der Waals surface area (Å²) in [5.74, 6) is 0.126. The van der Waals surface area contributed by atoms with E-state index in [0.717, 1.165) is 37.9 Å². The van der Waals surface area contributed by atoms with E-state index in [2.05, 4.69) is 32.1 Å². The largest absolute Gasteiger partial charge is 0.370 e. The van der Waals surface area contributed by atoms with Gasteiger partial charge in [0.1, 0.15) is 0 Å². The van der Waals surface area contributed by atoms with E-state index in [4.69, 9.17) is 0 Å². The Bertz CT molecular complexity index is 629. The van der Waals surface area contributed by atoms with Gasteiger partial charge < -0.3 is 15.1 Å². The first-order chi connectivity index (χ1) is 13.8. The van der Waals surface area contributed by atoms with E-state index < -0.39 is 0 Å². The van der Waals surface area contributed by atoms with Gasteiger partial charge in [-0.25, -0.2) is 0 Å². The molecule has 1 aromatic carbocycles. The molecule has 3 aliphatic heterocycles. The number of nitrogens with zero attached hydrogens (tertiary/aromatic N) is 3. The van der Waals surface area contributed by atoms with Crippen LogP contribution in [0.3, 0.4) is 0 Å². The number of carbonyl (C=O) groups is 1. The van der Waals surface area contributed by atoms with E-state index in [1.807, 2.05) is 12.1 Å². The zero-order chi connectivity index (χ0) is 19.2. The van der Waals surface area contributed by atoms with Gasteiger partial charge in [-0.2, -0.15) is 0 Å². The second-order valence-corrected chi connectivity index (χ2v) is 8.72. The topological polar surface area (TPSA) is 38.8 Å². The molecule has 1 amide bonds. The van der Waals surface area contributed by atoms with E-state index in [1.54, 1.807) is 0 Å². The molecule has 3 heterocycles. The number of hydrogen-bond acceptors (Lipinski definition) is 4. The van der Waals surface area contributed by atoms with Crippen LogP contribution in [0.1, 0.15) is 51.4 Å². The van der Waals surface area contributed by atoms with Gasteiger partial charge in [0.25, 0.3) is 0 Å². The number of amides is 1. The van der Waals surface area contributed by atoms with Gasteiger partial charge in [0.15, 0.2) is 0 Å². The number of likely N-dealkylation sites (tertiary alicyclic amines) is 2. The van der Waals surface area contributed by atoms with Crippen molar-refractivity contribution < 1.29 is 4.79 Å². The van der Waals surface area contributed by atoms with Crippen LogP contribution in [0.25, 0.3) is 0 Å². The summed E-state index contributed by atoms with van der Waals surface area (Å²) in [7, 11) is 0. The number of benzene rings is 1. The lowest BCUT2D eigenvalue weighted by atomic mass is 10.00. The van der Waals surface area contributed by atoms with Crippen molar-refractivity contribution >= 4 is 17.3 Å². The number of nitrogens with one attached hydrogen (secondary N) is 1. The van der Waals surface area contributed by atoms with Gasteiger partial charge >= 0.3 is 0 Å². The van der Waals surface area contributed by atoms with E-state index in [1.165, 1.54) is 70.1 Å². The number of anilines is 2. The Kier molecular flexibility index (Phi) is 6.86. The van der Waals surface area contributed by atoms with Crippen molar-refractivity contribution in [2.24, 2.45) is 0 Å². The fourth-order valence-corrected chi connectivity index (χ4v) is 5.11. The van der Waals surface area contributed by atoms with Crippen molar-refractivity contribution in [2.45, 2.75) is 57.4 Å². The molecule has 0 atom stereocenters. The third kappa shape index (κ3) is 5.06. The monoisotopic (exact) mass is 384 g/mol. The minimum Gasteiger partial charge on any atom is -0.370 e. The zero-order valence-electron chi connectivity index (χ0n) is 17.2. The highest BCUT2D eigenvalue weighted by Gasteiger charge is 2.26. The molecule has 3 aliphatic rings. The van der Waals surface area contributed by atoms with Crippen LogP contribution in [-0.4, -0.2) is 67.6 Å². The molecule has 1 N–H and O–H groups in total. The highest BCUT2D eigenvalue weighted by Crippen LogP contribution is 2.28. The van der Waals surface area contributed by atoms with E-state index in [9.17, 15) is 4.79 Å². The minimum absolute atomic E-state index is 0.126. The smallest absolute Gasteiger partial charge is 0.238 e. The van der Waals surface area contributed by atoms with Crippen LogP contribution < -0.4 is 10.2 Å². The number of rotatable bonds is 5. The fraction of sp³-hybridized carbons (Fsp3) is 0.696. The van der Waals surface area contributed by atoms with Crippen LogP contribution >= 0.6 is 0 Å². The summed E-state index contributed by atoms with van der Waals surface area (Å²) in [6, 6.07) is 9.02. The molecule has 0 radical (unpaired) electrons. The average Bonchev–Trinajstić information content (AvgIpc) is 2.76. The molecule has 28 heavy (non-hydrogen) atoms. The summed E-state index contributed by atoms with van der Waals surface area (Å²) in [5, 5.41) is 3.20. The number of carbonyl (C=O) groups excluding carboxylic acids is 1. The Morgan fingerprint density at radius 2 is 1.50 bits per heavy atom. The lowest BCUT2D eigenvalue weighted by Gasteiger charge is -2.40. The van der Waals surface area contributed by atoms with Crippen LogP contribution in [0.5, 0.6) is 0 Å². The first-order valence-corrected chi connectivity index (χ1v) is 11.4. The van der Waals surface area contributed by atoms with Gasteiger partial charge in [-0.05, 0) is 70.2 Å². The summed E-state index contributed by atoms with van der Waals surface area (Å²) >= 11 is 0. The molecule has 3 saturated heterocycles. The van der Waals surface area contributed by atoms with Gasteiger partial charge in [0.05, 0.1) is 17.9 Å². The molecule has 0 aliphatic carbocycles. The van der Waals surface area contributed by atoms with Crippen LogP contribution in [0.4, 0.5) is 11.4 Å². The minimum atomic E-state index is 0.126. The molecule has 0 aromatic heterocycles. The Morgan fingerprint density at radius 3 is 2.21 bits per heavy atom. The third-order valence-electron chi connectivity index (χ3n) is 6.71. The number of piperidine rings is 3. The normalized spacial score (nSPS) is 22.9. The summed E-state index contributed by atoms with van der Waals surface area (Å²) in [6.45, 7) is 7.34. The summed E-state index contributed by atoms with van der Waals surface area (Å²) in [4.78, 5) is 20.2. The quantitative estimate of drug-likeness (QED) is 0.842. The Morgan fingerprint density at radius 1 is 0.857 bits per heavy atom. The molecule has 5 heteroatoms. The van der Waals surface area contributed by atoms with Crippen LogP contribution in [0.2, 0.25) is 0 Å². The zero-order valence-corrected chi connectivity index (χ0v) is 17.2. The summed E-state index contributed by atoms with van der Waals surface area (Å²) in [5.41, 5.74) is 2.15. The van der Waals surface area contributed by atoms with Crippen molar-refractivity contribution in [3.8, 4) is 0 Å². The molecule has 0 unspecified atom stereocenters. The molecule has 1 aromatic rings. The molecule has 0 spiro atoms. The maximum Gasteiger partial charge on any atom is 0.238 e. The van der Waals surface area contributed by atoms with E-state index in [-0.39, 0.29) is 5.91 Å². The SMILES string of the molecule is O=C(CN1CCC(N2CCCCC2)CC1)Nc1ccccc1N1CCCCC1. The highest BCUT2D eigenvalue weighted by molar-refractivity contribution is 5.95. The number of para-hydroxylation sites is 2. The first-order valence-electron chi connectivity index (χ1n) is 11.4. The van der Waals surface area contributed by atoms with Crippen molar-refractivity contribution in [1.29, 1.82) is 0 Å². The van der Waals surface area contributed by atoms with Gasteiger partial charge in [-0.15, -0.1) is 0 Å². The van der Waals surface area contributed by atoms with Crippen LogP contribution in [0, 0.1) is 0 Å². The maximum atomic E-state index is 12.7. The van der Waals surface area contributed by atoms with Crippen molar-refractivity contribution in [3.05, 3.63) is 24.3 Å². The predicted octanol–water partition coefficient (Wildman–Crippen LogP) is 3.57. The van der Waals surface area contributed by atoms with Gasteiger partial charge in [0.2, 0.25) is 5.91 Å². The standard InChI is InChI=1S/C23H36N4O/c28-23(19-25-17-11-20(12-18-25)26-13-5-1-6-14-26)24-21-9-3-4-10-22(21)27-15-7-2-8-16-27/h3-4,9-10,20H,1-2,5-8,11-19H2,(H,24,28). The van der Waals surface area contributed by atoms with Gasteiger partial charge in [-0.3, -0.25) is 9.69 Å². The summed E-state index contributed by atoms with van der Waals surface area (Å²) < 4.78 is 0. The Labute approximate surface area is 170 Å².